The summed E-state index contributed by atoms with van der Waals surface area (Å²) >= 11 is 0. The minimum atomic E-state index is -1.11. The first kappa shape index (κ1) is 7.34. The van der Waals surface area contributed by atoms with Gasteiger partial charge < -0.3 is 9.52 Å². The van der Waals surface area contributed by atoms with Gasteiger partial charge in [-0.3, -0.25) is 0 Å². The molecule has 0 unspecified atom stereocenters. The van der Waals surface area contributed by atoms with Gasteiger partial charge in [0.2, 0.25) is 0 Å². The van der Waals surface area contributed by atoms with Gasteiger partial charge in [0.15, 0.2) is 0 Å². The molecule has 0 bridgehead atoms. The van der Waals surface area contributed by atoms with Crippen LogP contribution in [0.3, 0.4) is 0 Å². The van der Waals surface area contributed by atoms with Crippen LogP contribution in [0.15, 0.2) is 10.6 Å². The molecule has 1 aliphatic rings. The molecule has 0 spiro atoms. The lowest BCUT2D eigenvalue weighted by atomic mass is 10.1. The maximum absolute atomic E-state index is 10.4. The van der Waals surface area contributed by atoms with Crippen molar-refractivity contribution in [1.29, 1.82) is 0 Å². The molecule has 1 N–H and O–H groups in total. The Morgan fingerprint density at radius 2 is 2.42 bits per heavy atom. The van der Waals surface area contributed by atoms with E-state index in [0.717, 1.165) is 12.8 Å². The molecule has 0 atom stereocenters. The van der Waals surface area contributed by atoms with E-state index in [1.807, 2.05) is 6.92 Å². The molecule has 12 heavy (non-hydrogen) atoms. The molecule has 1 saturated carbocycles. The summed E-state index contributed by atoms with van der Waals surface area (Å²) in [5, 5.41) is 8.53. The van der Waals surface area contributed by atoms with Crippen molar-refractivity contribution in [3.8, 4) is 0 Å². The maximum atomic E-state index is 10.4. The minimum absolute atomic E-state index is 0.0562. The third-order valence-electron chi connectivity index (χ3n) is 2.28. The van der Waals surface area contributed by atoms with Crippen molar-refractivity contribution in [1.82, 2.24) is 4.98 Å². The number of rotatable bonds is 2. The van der Waals surface area contributed by atoms with Crippen LogP contribution in [-0.4, -0.2) is 16.1 Å². The second kappa shape index (κ2) is 2.09. The molecule has 1 aromatic rings. The van der Waals surface area contributed by atoms with Gasteiger partial charge in [0.05, 0.1) is 6.20 Å². The third-order valence-corrected chi connectivity index (χ3v) is 2.28. The average molecular weight is 167 g/mol. The van der Waals surface area contributed by atoms with Gasteiger partial charge in [-0.25, -0.2) is 9.78 Å². The molecular formula is C8H9NO3. The zero-order valence-corrected chi connectivity index (χ0v) is 6.70. The summed E-state index contributed by atoms with van der Waals surface area (Å²) in [5.74, 6) is -0.622. The van der Waals surface area contributed by atoms with Gasteiger partial charge in [-0.15, -0.1) is 0 Å². The van der Waals surface area contributed by atoms with Gasteiger partial charge in [0.25, 0.3) is 0 Å². The quantitative estimate of drug-likeness (QED) is 0.723. The predicted molar refractivity (Wildman–Crippen MR) is 40.0 cm³/mol. The Morgan fingerprint density at radius 3 is 2.83 bits per heavy atom. The van der Waals surface area contributed by atoms with Crippen LogP contribution in [0, 0.1) is 0 Å². The number of carboxylic acid groups (broad SMARTS) is 1. The van der Waals surface area contributed by atoms with Crippen molar-refractivity contribution in [3.05, 3.63) is 17.8 Å². The highest BCUT2D eigenvalue weighted by molar-refractivity contribution is 5.82. The summed E-state index contributed by atoms with van der Waals surface area (Å²) in [6, 6.07) is 0. The number of carbonyl (C=O) groups is 1. The number of aromatic carboxylic acids is 1. The maximum Gasteiger partial charge on any atom is 0.392 e. The topological polar surface area (TPSA) is 63.3 Å². The van der Waals surface area contributed by atoms with Crippen LogP contribution in [-0.2, 0) is 5.41 Å². The fraction of sp³-hybridized carbons (Fsp3) is 0.500. The Hall–Kier alpha value is -1.32. The Balaban J connectivity index is 2.30. The number of oxazole rings is 1. The summed E-state index contributed by atoms with van der Waals surface area (Å²) in [6.07, 6.45) is 3.62. The summed E-state index contributed by atoms with van der Waals surface area (Å²) in [7, 11) is 0. The monoisotopic (exact) mass is 167 g/mol. The number of hydrogen-bond donors (Lipinski definition) is 1. The van der Waals surface area contributed by atoms with E-state index in [1.165, 1.54) is 6.20 Å². The molecule has 0 aliphatic heterocycles. The molecule has 1 heterocycles. The molecule has 0 amide bonds. The molecule has 1 fully saturated rings. The molecule has 4 heteroatoms. The first-order valence-electron chi connectivity index (χ1n) is 3.81. The molecule has 2 rings (SSSR count). The second-order valence-electron chi connectivity index (χ2n) is 3.40. The summed E-state index contributed by atoms with van der Waals surface area (Å²) in [6.45, 7) is 2.04. The van der Waals surface area contributed by atoms with Crippen molar-refractivity contribution in [2.75, 3.05) is 0 Å². The molecule has 4 nitrogen and oxygen atoms in total. The minimum Gasteiger partial charge on any atom is -0.474 e. The Labute approximate surface area is 69.2 Å². The lowest BCUT2D eigenvalue weighted by Gasteiger charge is -1.99. The first-order chi connectivity index (χ1) is 5.62. The smallest absolute Gasteiger partial charge is 0.392 e. The predicted octanol–water partition coefficient (Wildman–Crippen LogP) is 1.42. The third kappa shape index (κ3) is 0.995. The van der Waals surface area contributed by atoms with E-state index in [2.05, 4.69) is 4.98 Å². The largest absolute Gasteiger partial charge is 0.474 e. The molecular weight excluding hydrogens is 158 g/mol. The molecule has 0 aromatic carbocycles. The van der Waals surface area contributed by atoms with Crippen LogP contribution in [0.5, 0.6) is 0 Å². The van der Waals surface area contributed by atoms with Crippen molar-refractivity contribution in [3.63, 3.8) is 0 Å². The molecule has 1 aliphatic carbocycles. The highest BCUT2D eigenvalue weighted by atomic mass is 16.4. The molecule has 1 aromatic heterocycles. The highest BCUT2D eigenvalue weighted by Gasteiger charge is 2.42. The van der Waals surface area contributed by atoms with E-state index in [4.69, 9.17) is 9.52 Å². The van der Waals surface area contributed by atoms with Crippen LogP contribution in [0.2, 0.25) is 0 Å². The number of carboxylic acids is 1. The van der Waals surface area contributed by atoms with Crippen LogP contribution in [0.4, 0.5) is 0 Å². The Kier molecular flexibility index (Phi) is 1.28. The zero-order chi connectivity index (χ0) is 8.77. The van der Waals surface area contributed by atoms with E-state index in [9.17, 15) is 4.79 Å². The zero-order valence-electron chi connectivity index (χ0n) is 6.70. The fourth-order valence-corrected chi connectivity index (χ4v) is 1.09. The first-order valence-corrected chi connectivity index (χ1v) is 3.81. The number of nitrogens with zero attached hydrogens (tertiary/aromatic N) is 1. The van der Waals surface area contributed by atoms with Crippen LogP contribution in [0.1, 0.15) is 36.2 Å². The molecule has 0 radical (unpaired) electrons. The SMILES string of the molecule is CC1(c2cnc(C(=O)O)o2)CC1. The normalized spacial score (nSPS) is 19.1. The van der Waals surface area contributed by atoms with Crippen LogP contribution >= 0.6 is 0 Å². The van der Waals surface area contributed by atoms with Gasteiger partial charge in [-0.05, 0) is 12.8 Å². The van der Waals surface area contributed by atoms with Gasteiger partial charge in [-0.1, -0.05) is 6.92 Å². The van der Waals surface area contributed by atoms with Crippen molar-refractivity contribution >= 4 is 5.97 Å². The van der Waals surface area contributed by atoms with Gasteiger partial charge in [0, 0.05) is 5.41 Å². The van der Waals surface area contributed by atoms with Crippen molar-refractivity contribution in [2.45, 2.75) is 25.2 Å². The fourth-order valence-electron chi connectivity index (χ4n) is 1.09. The van der Waals surface area contributed by atoms with E-state index in [0.29, 0.717) is 5.76 Å². The van der Waals surface area contributed by atoms with Gasteiger partial charge in [-0.2, -0.15) is 0 Å². The van der Waals surface area contributed by atoms with E-state index in [1.54, 1.807) is 0 Å². The van der Waals surface area contributed by atoms with E-state index >= 15 is 0 Å². The lowest BCUT2D eigenvalue weighted by molar-refractivity contribution is 0.0651. The summed E-state index contributed by atoms with van der Waals surface area (Å²) in [4.78, 5) is 14.1. The van der Waals surface area contributed by atoms with Crippen LogP contribution in [0.25, 0.3) is 0 Å². The standard InChI is InChI=1S/C8H9NO3/c1-8(2-3-8)5-4-9-6(12-5)7(10)11/h4H,2-3H2,1H3,(H,10,11). The average Bonchev–Trinajstić information content (AvgIpc) is 2.61. The highest BCUT2D eigenvalue weighted by Crippen LogP contribution is 2.47. The lowest BCUT2D eigenvalue weighted by Crippen LogP contribution is -1.97. The molecule has 64 valence electrons. The number of aromatic nitrogens is 1. The molecule has 0 saturated heterocycles. The van der Waals surface area contributed by atoms with Crippen molar-refractivity contribution in [2.24, 2.45) is 0 Å². The van der Waals surface area contributed by atoms with Gasteiger partial charge >= 0.3 is 11.9 Å². The second-order valence-corrected chi connectivity index (χ2v) is 3.40. The Morgan fingerprint density at radius 1 is 1.75 bits per heavy atom. The number of hydrogen-bond acceptors (Lipinski definition) is 3. The summed E-state index contributed by atoms with van der Waals surface area (Å²) in [5.41, 5.74) is 0.0562. The van der Waals surface area contributed by atoms with Gasteiger partial charge in [0.1, 0.15) is 5.76 Å². The summed E-state index contributed by atoms with van der Waals surface area (Å²) < 4.78 is 5.06. The van der Waals surface area contributed by atoms with E-state index in [-0.39, 0.29) is 11.3 Å². The van der Waals surface area contributed by atoms with Crippen LogP contribution < -0.4 is 0 Å². The van der Waals surface area contributed by atoms with E-state index < -0.39 is 5.97 Å². The Bertz CT molecular complexity index is 325. The van der Waals surface area contributed by atoms with Crippen molar-refractivity contribution < 1.29 is 14.3 Å².